The SMILES string of the molecule is CCN(c1ccccc1)c1ccc([C@@H](C)O)nc1. The van der Waals surface area contributed by atoms with E-state index in [0.29, 0.717) is 5.69 Å². The number of para-hydroxylation sites is 1. The van der Waals surface area contributed by atoms with E-state index in [1.165, 1.54) is 0 Å². The Morgan fingerprint density at radius 1 is 1.11 bits per heavy atom. The maximum atomic E-state index is 9.45. The molecule has 0 aliphatic carbocycles. The van der Waals surface area contributed by atoms with Crippen LogP contribution in [0.4, 0.5) is 11.4 Å². The number of anilines is 2. The van der Waals surface area contributed by atoms with E-state index in [1.54, 1.807) is 13.1 Å². The van der Waals surface area contributed by atoms with Crippen LogP contribution < -0.4 is 4.90 Å². The van der Waals surface area contributed by atoms with E-state index < -0.39 is 6.10 Å². The normalized spacial score (nSPS) is 12.2. The van der Waals surface area contributed by atoms with Crippen LogP contribution in [0.1, 0.15) is 25.6 Å². The summed E-state index contributed by atoms with van der Waals surface area (Å²) in [6, 6.07) is 14.1. The smallest absolute Gasteiger partial charge is 0.0931 e. The molecule has 2 aromatic rings. The van der Waals surface area contributed by atoms with E-state index in [-0.39, 0.29) is 0 Å². The zero-order chi connectivity index (χ0) is 13.0. The zero-order valence-corrected chi connectivity index (χ0v) is 10.7. The molecule has 3 nitrogen and oxygen atoms in total. The topological polar surface area (TPSA) is 36.4 Å². The molecule has 0 aliphatic rings. The molecule has 0 fully saturated rings. The quantitative estimate of drug-likeness (QED) is 0.893. The van der Waals surface area contributed by atoms with Crippen LogP contribution in [0.3, 0.4) is 0 Å². The van der Waals surface area contributed by atoms with Crippen molar-refractivity contribution in [3.63, 3.8) is 0 Å². The van der Waals surface area contributed by atoms with Gasteiger partial charge >= 0.3 is 0 Å². The fourth-order valence-electron chi connectivity index (χ4n) is 1.93. The molecular weight excluding hydrogens is 224 g/mol. The molecule has 1 heterocycles. The largest absolute Gasteiger partial charge is 0.387 e. The highest BCUT2D eigenvalue weighted by molar-refractivity contribution is 5.62. The van der Waals surface area contributed by atoms with E-state index in [2.05, 4.69) is 28.9 Å². The van der Waals surface area contributed by atoms with Crippen molar-refractivity contribution < 1.29 is 5.11 Å². The summed E-state index contributed by atoms with van der Waals surface area (Å²) < 4.78 is 0. The van der Waals surface area contributed by atoms with Crippen LogP contribution in [0.2, 0.25) is 0 Å². The van der Waals surface area contributed by atoms with Crippen LogP contribution in [0.15, 0.2) is 48.7 Å². The van der Waals surface area contributed by atoms with Crippen molar-refractivity contribution in [3.8, 4) is 0 Å². The molecule has 1 aromatic heterocycles. The molecule has 0 saturated heterocycles. The van der Waals surface area contributed by atoms with Gasteiger partial charge in [0.1, 0.15) is 0 Å². The van der Waals surface area contributed by atoms with Gasteiger partial charge < -0.3 is 10.0 Å². The summed E-state index contributed by atoms with van der Waals surface area (Å²) in [5, 5.41) is 9.45. The molecule has 0 amide bonds. The van der Waals surface area contributed by atoms with Gasteiger partial charge in [-0.15, -0.1) is 0 Å². The predicted molar refractivity (Wildman–Crippen MR) is 74.0 cm³/mol. The van der Waals surface area contributed by atoms with Gasteiger partial charge in [-0.1, -0.05) is 18.2 Å². The Morgan fingerprint density at radius 3 is 2.33 bits per heavy atom. The standard InChI is InChI=1S/C15H18N2O/c1-3-17(13-7-5-4-6-8-13)14-9-10-15(12(2)18)16-11-14/h4-12,18H,3H2,1-2H3/t12-/m1/s1. The highest BCUT2D eigenvalue weighted by Gasteiger charge is 2.08. The number of aliphatic hydroxyl groups excluding tert-OH is 1. The van der Waals surface area contributed by atoms with E-state index >= 15 is 0 Å². The Kier molecular flexibility index (Phi) is 3.95. The Balaban J connectivity index is 2.28. The Labute approximate surface area is 108 Å². The van der Waals surface area contributed by atoms with E-state index in [1.807, 2.05) is 30.3 Å². The van der Waals surface area contributed by atoms with Crippen LogP contribution in [-0.2, 0) is 0 Å². The molecule has 1 aromatic carbocycles. The van der Waals surface area contributed by atoms with Crippen molar-refractivity contribution in [2.24, 2.45) is 0 Å². The first kappa shape index (κ1) is 12.6. The lowest BCUT2D eigenvalue weighted by atomic mass is 10.2. The van der Waals surface area contributed by atoms with E-state index in [0.717, 1.165) is 17.9 Å². The van der Waals surface area contributed by atoms with Crippen molar-refractivity contribution in [3.05, 3.63) is 54.4 Å². The fraction of sp³-hybridized carbons (Fsp3) is 0.267. The van der Waals surface area contributed by atoms with Gasteiger partial charge in [-0.3, -0.25) is 4.98 Å². The Hall–Kier alpha value is -1.87. The molecule has 18 heavy (non-hydrogen) atoms. The molecule has 0 aliphatic heterocycles. The van der Waals surface area contributed by atoms with Crippen molar-refractivity contribution in [2.45, 2.75) is 20.0 Å². The number of benzene rings is 1. The molecule has 94 valence electrons. The third-order valence-electron chi connectivity index (χ3n) is 2.89. The zero-order valence-electron chi connectivity index (χ0n) is 10.7. The summed E-state index contributed by atoms with van der Waals surface area (Å²) in [7, 11) is 0. The van der Waals surface area contributed by atoms with Gasteiger partial charge in [0.25, 0.3) is 0 Å². The van der Waals surface area contributed by atoms with Crippen molar-refractivity contribution >= 4 is 11.4 Å². The van der Waals surface area contributed by atoms with Gasteiger partial charge in [0.05, 0.1) is 23.7 Å². The molecular formula is C15H18N2O. The Bertz CT molecular complexity index is 480. The molecule has 0 unspecified atom stereocenters. The summed E-state index contributed by atoms with van der Waals surface area (Å²) in [4.78, 5) is 6.46. The van der Waals surface area contributed by atoms with Crippen LogP contribution in [0, 0.1) is 0 Å². The first-order chi connectivity index (χ1) is 8.72. The minimum absolute atomic E-state index is 0.522. The van der Waals surface area contributed by atoms with Crippen molar-refractivity contribution in [2.75, 3.05) is 11.4 Å². The van der Waals surface area contributed by atoms with Crippen molar-refractivity contribution in [1.29, 1.82) is 0 Å². The molecule has 0 radical (unpaired) electrons. The third-order valence-corrected chi connectivity index (χ3v) is 2.89. The minimum Gasteiger partial charge on any atom is -0.387 e. The van der Waals surface area contributed by atoms with Gasteiger partial charge in [-0.2, -0.15) is 0 Å². The molecule has 0 saturated carbocycles. The molecule has 1 atom stereocenters. The number of aromatic nitrogens is 1. The second-order valence-electron chi connectivity index (χ2n) is 4.20. The number of nitrogens with zero attached hydrogens (tertiary/aromatic N) is 2. The lowest BCUT2D eigenvalue weighted by molar-refractivity contribution is 0.194. The molecule has 2 rings (SSSR count). The maximum absolute atomic E-state index is 9.45. The van der Waals surface area contributed by atoms with Crippen LogP contribution in [0.25, 0.3) is 0 Å². The number of pyridine rings is 1. The van der Waals surface area contributed by atoms with Gasteiger partial charge in [0.15, 0.2) is 0 Å². The van der Waals surface area contributed by atoms with Crippen LogP contribution in [-0.4, -0.2) is 16.6 Å². The summed E-state index contributed by atoms with van der Waals surface area (Å²) in [6.07, 6.45) is 1.28. The van der Waals surface area contributed by atoms with Crippen LogP contribution >= 0.6 is 0 Å². The lowest BCUT2D eigenvalue weighted by Crippen LogP contribution is -2.16. The van der Waals surface area contributed by atoms with Gasteiger partial charge in [0.2, 0.25) is 0 Å². The van der Waals surface area contributed by atoms with Gasteiger partial charge in [-0.05, 0) is 38.1 Å². The number of rotatable bonds is 4. The average molecular weight is 242 g/mol. The highest BCUT2D eigenvalue weighted by Crippen LogP contribution is 2.24. The fourth-order valence-corrected chi connectivity index (χ4v) is 1.93. The highest BCUT2D eigenvalue weighted by atomic mass is 16.3. The van der Waals surface area contributed by atoms with Gasteiger partial charge in [-0.25, -0.2) is 0 Å². The maximum Gasteiger partial charge on any atom is 0.0931 e. The number of aliphatic hydroxyl groups is 1. The summed E-state index contributed by atoms with van der Waals surface area (Å²) in [6.45, 7) is 4.70. The van der Waals surface area contributed by atoms with E-state index in [9.17, 15) is 5.11 Å². The van der Waals surface area contributed by atoms with Crippen LogP contribution in [0.5, 0.6) is 0 Å². The summed E-state index contributed by atoms with van der Waals surface area (Å²) in [5.74, 6) is 0. The molecule has 3 heteroatoms. The van der Waals surface area contributed by atoms with Gasteiger partial charge in [0, 0.05) is 12.2 Å². The first-order valence-corrected chi connectivity index (χ1v) is 6.19. The monoisotopic (exact) mass is 242 g/mol. The van der Waals surface area contributed by atoms with Crippen molar-refractivity contribution in [1.82, 2.24) is 4.98 Å². The summed E-state index contributed by atoms with van der Waals surface area (Å²) in [5.41, 5.74) is 2.88. The minimum atomic E-state index is -0.522. The Morgan fingerprint density at radius 2 is 1.83 bits per heavy atom. The number of hydrogen-bond donors (Lipinski definition) is 1. The predicted octanol–water partition coefficient (Wildman–Crippen LogP) is 3.29. The van der Waals surface area contributed by atoms with E-state index in [4.69, 9.17) is 0 Å². The third kappa shape index (κ3) is 2.68. The summed E-state index contributed by atoms with van der Waals surface area (Å²) >= 11 is 0. The molecule has 0 bridgehead atoms. The molecule has 1 N–H and O–H groups in total. The number of hydrogen-bond acceptors (Lipinski definition) is 3. The second-order valence-corrected chi connectivity index (χ2v) is 4.20. The lowest BCUT2D eigenvalue weighted by Gasteiger charge is -2.23. The first-order valence-electron chi connectivity index (χ1n) is 6.19. The molecule has 0 spiro atoms. The average Bonchev–Trinajstić information content (AvgIpc) is 2.41. The second kappa shape index (κ2) is 5.65.